The predicted octanol–water partition coefficient (Wildman–Crippen LogP) is 0.992. The normalized spacial score (nSPS) is 34.2. The highest BCUT2D eigenvalue weighted by Crippen LogP contribution is 2.51. The number of fused-ring (bicyclic) bond motifs is 2. The number of aliphatic hydroxyl groups is 3. The van der Waals surface area contributed by atoms with Crippen molar-refractivity contribution in [3.63, 3.8) is 0 Å². The molecule has 36 heavy (non-hydrogen) atoms. The topological polar surface area (TPSA) is 192 Å². The van der Waals surface area contributed by atoms with Gasteiger partial charge in [-0.2, -0.15) is 15.1 Å². The van der Waals surface area contributed by atoms with Crippen molar-refractivity contribution < 1.29 is 39.1 Å². The summed E-state index contributed by atoms with van der Waals surface area (Å²) in [6.45, 7) is -0.401. The molecule has 8 atom stereocenters. The van der Waals surface area contributed by atoms with Crippen LogP contribution in [0.3, 0.4) is 0 Å². The number of hydrogen-bond acceptors (Lipinski definition) is 10. The average molecular weight is 548 g/mol. The second kappa shape index (κ2) is 9.72. The monoisotopic (exact) mass is 547 g/mol. The molecule has 0 bridgehead atoms. The number of aromatic nitrogens is 4. The number of aliphatic hydroxyl groups excluding tert-OH is 3. The Bertz CT molecular complexity index is 1160. The number of ether oxygens (including phenoxy) is 2. The molecular formula is C21H31ClN5O8P. The van der Waals surface area contributed by atoms with E-state index in [-0.39, 0.29) is 11.3 Å². The third-order valence-electron chi connectivity index (χ3n) is 7.88. The quantitative estimate of drug-likeness (QED) is 0.203. The Hall–Kier alpha value is -1.41. The van der Waals surface area contributed by atoms with E-state index in [1.807, 2.05) is 0 Å². The Balaban J connectivity index is 1.36. The zero-order chi connectivity index (χ0) is 25.8. The summed E-state index contributed by atoms with van der Waals surface area (Å²) in [7, 11) is -4.83. The second-order valence-corrected chi connectivity index (χ2v) is 12.5. The van der Waals surface area contributed by atoms with Crippen molar-refractivity contribution in [3.8, 4) is 0 Å². The second-order valence-electron chi connectivity index (χ2n) is 10.1. The highest BCUT2D eigenvalue weighted by Gasteiger charge is 2.49. The van der Waals surface area contributed by atoms with Crippen LogP contribution in [-0.4, -0.2) is 87.8 Å². The SMILES string of the molecule is C[C@](CO)(OC[C@H]1O[C@@H](n2ncc3c(N[C@@H]4CC[C@H]5CCC[C@H]54)nc(Cl)nc32)[C@H](O)[C@@H]1O)P(=O)(O)O. The number of anilines is 1. The van der Waals surface area contributed by atoms with Gasteiger partial charge in [-0.1, -0.05) is 12.8 Å². The van der Waals surface area contributed by atoms with Crippen molar-refractivity contribution >= 4 is 36.0 Å². The minimum atomic E-state index is -4.83. The molecule has 0 unspecified atom stereocenters. The maximum Gasteiger partial charge on any atom is 0.359 e. The van der Waals surface area contributed by atoms with E-state index >= 15 is 0 Å². The minimum absolute atomic E-state index is 0.0130. The molecule has 5 rings (SSSR count). The highest BCUT2D eigenvalue weighted by atomic mass is 35.5. The van der Waals surface area contributed by atoms with Crippen molar-refractivity contribution in [3.05, 3.63) is 11.5 Å². The summed E-state index contributed by atoms with van der Waals surface area (Å²) in [5, 5.41) is 36.9. The highest BCUT2D eigenvalue weighted by molar-refractivity contribution is 7.53. The molecule has 0 spiro atoms. The van der Waals surface area contributed by atoms with Gasteiger partial charge < -0.3 is 39.9 Å². The standard InChI is InChI=1S/C21H31ClN5O8P/c1-21(9-28,36(31,32)33)34-8-14-15(29)16(30)19(35-14)27-18-12(7-23-27)17(25-20(22)26-18)24-13-6-5-10-3-2-4-11(10)13/h7,10-11,13-16,19,28-30H,2-6,8-9H2,1H3,(H,24,25,26)(H2,31,32,33)/t10-,11-,13-,14-,15-,16-,19-,21+/m1/s1. The molecule has 15 heteroatoms. The summed E-state index contributed by atoms with van der Waals surface area (Å²) in [4.78, 5) is 27.6. The largest absolute Gasteiger partial charge is 0.393 e. The van der Waals surface area contributed by atoms with E-state index in [4.69, 9.17) is 21.1 Å². The zero-order valence-electron chi connectivity index (χ0n) is 19.6. The van der Waals surface area contributed by atoms with Crippen LogP contribution in [0, 0.1) is 11.8 Å². The van der Waals surface area contributed by atoms with E-state index < -0.39 is 50.7 Å². The lowest BCUT2D eigenvalue weighted by Gasteiger charge is -2.29. The van der Waals surface area contributed by atoms with Crippen molar-refractivity contribution in [1.29, 1.82) is 0 Å². The molecule has 1 aliphatic heterocycles. The van der Waals surface area contributed by atoms with Gasteiger partial charge in [0.1, 0.15) is 24.1 Å². The Kier molecular flexibility index (Phi) is 7.07. The molecule has 2 aromatic rings. The summed E-state index contributed by atoms with van der Waals surface area (Å²) in [6, 6.07) is 0.279. The molecule has 2 saturated carbocycles. The number of rotatable bonds is 8. The van der Waals surface area contributed by atoms with Gasteiger partial charge in [-0.05, 0) is 49.6 Å². The molecule has 3 fully saturated rings. The van der Waals surface area contributed by atoms with Crippen molar-refractivity contribution in [2.75, 3.05) is 18.5 Å². The lowest BCUT2D eigenvalue weighted by atomic mass is 9.97. The molecule has 0 amide bonds. The predicted molar refractivity (Wildman–Crippen MR) is 127 cm³/mol. The van der Waals surface area contributed by atoms with Gasteiger partial charge in [0, 0.05) is 6.04 Å². The molecule has 0 aromatic carbocycles. The van der Waals surface area contributed by atoms with E-state index in [1.54, 1.807) is 0 Å². The van der Waals surface area contributed by atoms with Gasteiger partial charge in [-0.3, -0.25) is 4.57 Å². The van der Waals surface area contributed by atoms with E-state index in [0.29, 0.717) is 22.8 Å². The lowest BCUT2D eigenvalue weighted by molar-refractivity contribution is -0.104. The van der Waals surface area contributed by atoms with Crippen molar-refractivity contribution in [2.45, 2.75) is 75.0 Å². The first-order valence-corrected chi connectivity index (χ1v) is 14.0. The minimum Gasteiger partial charge on any atom is -0.393 e. The first-order chi connectivity index (χ1) is 17.0. The van der Waals surface area contributed by atoms with Crippen LogP contribution in [-0.2, 0) is 14.0 Å². The maximum atomic E-state index is 11.7. The molecular weight excluding hydrogens is 517 g/mol. The first kappa shape index (κ1) is 26.2. The fourth-order valence-electron chi connectivity index (χ4n) is 5.66. The fourth-order valence-corrected chi connectivity index (χ4v) is 6.26. The number of hydrogen-bond donors (Lipinski definition) is 6. The Labute approximate surface area is 211 Å². The van der Waals surface area contributed by atoms with Crippen LogP contribution in [0.5, 0.6) is 0 Å². The molecule has 1 saturated heterocycles. The Morgan fingerprint density at radius 1 is 1.25 bits per heavy atom. The third-order valence-corrected chi connectivity index (χ3v) is 9.55. The van der Waals surface area contributed by atoms with E-state index in [0.717, 1.165) is 19.3 Å². The molecule has 2 aliphatic carbocycles. The van der Waals surface area contributed by atoms with Crippen LogP contribution < -0.4 is 5.32 Å². The lowest BCUT2D eigenvalue weighted by Crippen LogP contribution is -2.39. The van der Waals surface area contributed by atoms with Crippen molar-refractivity contribution in [2.24, 2.45) is 11.8 Å². The third kappa shape index (κ3) is 4.55. The molecule has 3 heterocycles. The van der Waals surface area contributed by atoms with Gasteiger partial charge in [-0.25, -0.2) is 4.68 Å². The average Bonchev–Trinajstić information content (AvgIpc) is 3.58. The Morgan fingerprint density at radius 2 is 2.03 bits per heavy atom. The number of halogens is 1. The molecule has 200 valence electrons. The van der Waals surface area contributed by atoms with Gasteiger partial charge >= 0.3 is 7.60 Å². The van der Waals surface area contributed by atoms with Crippen LogP contribution >= 0.6 is 19.2 Å². The maximum absolute atomic E-state index is 11.7. The van der Waals surface area contributed by atoms with Crippen molar-refractivity contribution in [1.82, 2.24) is 19.7 Å². The van der Waals surface area contributed by atoms with Gasteiger partial charge in [0.25, 0.3) is 0 Å². The zero-order valence-corrected chi connectivity index (χ0v) is 21.3. The van der Waals surface area contributed by atoms with Crippen LogP contribution in [0.25, 0.3) is 11.0 Å². The summed E-state index contributed by atoms with van der Waals surface area (Å²) in [5.41, 5.74) is 0.298. The smallest absolute Gasteiger partial charge is 0.359 e. The van der Waals surface area contributed by atoms with Gasteiger partial charge in [-0.15, -0.1) is 0 Å². The molecule has 2 aromatic heterocycles. The molecule has 13 nitrogen and oxygen atoms in total. The number of nitrogens with zero attached hydrogens (tertiary/aromatic N) is 4. The summed E-state index contributed by atoms with van der Waals surface area (Å²) < 4.78 is 24.0. The fraction of sp³-hybridized carbons (Fsp3) is 0.762. The van der Waals surface area contributed by atoms with Gasteiger partial charge in [0.05, 0.1) is 24.8 Å². The van der Waals surface area contributed by atoms with Gasteiger partial charge in [0.15, 0.2) is 17.2 Å². The number of nitrogens with one attached hydrogen (secondary N) is 1. The van der Waals surface area contributed by atoms with Crippen LogP contribution in [0.1, 0.15) is 45.3 Å². The first-order valence-electron chi connectivity index (χ1n) is 12.0. The van der Waals surface area contributed by atoms with Crippen LogP contribution in [0.2, 0.25) is 5.28 Å². The van der Waals surface area contributed by atoms with Gasteiger partial charge in [0.2, 0.25) is 5.28 Å². The summed E-state index contributed by atoms with van der Waals surface area (Å²) in [5.74, 6) is 1.87. The van der Waals surface area contributed by atoms with Crippen LogP contribution in [0.15, 0.2) is 6.20 Å². The Morgan fingerprint density at radius 3 is 2.75 bits per heavy atom. The van der Waals surface area contributed by atoms with E-state index in [9.17, 15) is 29.7 Å². The summed E-state index contributed by atoms with van der Waals surface area (Å²) >= 11 is 6.23. The van der Waals surface area contributed by atoms with E-state index in [2.05, 4.69) is 20.4 Å². The van der Waals surface area contributed by atoms with E-state index in [1.165, 1.54) is 36.6 Å². The summed E-state index contributed by atoms with van der Waals surface area (Å²) in [6.07, 6.45) is 2.22. The molecule has 6 N–H and O–H groups in total. The molecule has 3 aliphatic rings. The molecule has 0 radical (unpaired) electrons. The van der Waals surface area contributed by atoms with Crippen LogP contribution in [0.4, 0.5) is 5.82 Å².